The van der Waals surface area contributed by atoms with Crippen LogP contribution >= 0.6 is 0 Å². The Hall–Kier alpha value is -4.99. The highest BCUT2D eigenvalue weighted by Crippen LogP contribution is 2.42. The maximum atomic E-state index is 13.8. The number of allylic oxidation sites excluding steroid dienone is 1. The summed E-state index contributed by atoms with van der Waals surface area (Å²) in [4.78, 5) is 18.5. The standard InChI is InChI=1S/C29H29N5O5/c1-17-25(28(35)31-19-9-7-6-8-10-19)26(21-16-20(36-2)12-14-22(21)37-3)34-29(30-17)32-27(33-34)18-11-13-23(38-4)24(15-18)39-5/h6-16,26H,1-5H3,(H,31,35)(H,30,32,33). The molecule has 1 aliphatic rings. The first-order chi connectivity index (χ1) is 19.0. The van der Waals surface area contributed by atoms with Gasteiger partial charge in [-0.05, 0) is 55.5 Å². The van der Waals surface area contributed by atoms with Crippen molar-refractivity contribution in [2.45, 2.75) is 13.0 Å². The molecule has 1 aromatic heterocycles. The average molecular weight is 528 g/mol. The number of aromatic nitrogens is 3. The number of hydrogen-bond donors (Lipinski definition) is 2. The molecule has 2 N–H and O–H groups in total. The van der Waals surface area contributed by atoms with Gasteiger partial charge in [-0.15, -0.1) is 5.10 Å². The van der Waals surface area contributed by atoms with Gasteiger partial charge in [-0.1, -0.05) is 18.2 Å². The number of amides is 1. The molecule has 0 bridgehead atoms. The summed E-state index contributed by atoms with van der Waals surface area (Å²) in [6.45, 7) is 1.84. The van der Waals surface area contributed by atoms with Gasteiger partial charge in [-0.2, -0.15) is 4.98 Å². The minimum absolute atomic E-state index is 0.283. The van der Waals surface area contributed by atoms with E-state index in [2.05, 4.69) is 10.6 Å². The highest BCUT2D eigenvalue weighted by molar-refractivity contribution is 6.06. The second-order valence-electron chi connectivity index (χ2n) is 8.77. The molecule has 1 aliphatic heterocycles. The highest BCUT2D eigenvalue weighted by Gasteiger charge is 2.36. The molecular weight excluding hydrogens is 498 g/mol. The third-order valence-electron chi connectivity index (χ3n) is 6.50. The number of benzene rings is 3. The monoisotopic (exact) mass is 527 g/mol. The zero-order valence-electron chi connectivity index (χ0n) is 22.3. The first-order valence-corrected chi connectivity index (χ1v) is 12.2. The van der Waals surface area contributed by atoms with E-state index in [4.69, 9.17) is 29.0 Å². The van der Waals surface area contributed by atoms with E-state index in [1.54, 1.807) is 45.3 Å². The van der Waals surface area contributed by atoms with Crippen LogP contribution < -0.4 is 29.6 Å². The van der Waals surface area contributed by atoms with Crippen LogP contribution in [0.15, 0.2) is 78.0 Å². The van der Waals surface area contributed by atoms with Gasteiger partial charge in [0.25, 0.3) is 5.91 Å². The number of anilines is 2. The fourth-order valence-electron chi connectivity index (χ4n) is 4.60. The van der Waals surface area contributed by atoms with Gasteiger partial charge in [0.05, 0.1) is 34.0 Å². The van der Waals surface area contributed by atoms with Gasteiger partial charge in [0.15, 0.2) is 17.3 Å². The topological polar surface area (TPSA) is 109 Å². The van der Waals surface area contributed by atoms with Gasteiger partial charge in [0.2, 0.25) is 5.95 Å². The maximum Gasteiger partial charge on any atom is 0.255 e. The van der Waals surface area contributed by atoms with Gasteiger partial charge in [-0.3, -0.25) is 4.79 Å². The fraction of sp³-hybridized carbons (Fsp3) is 0.207. The molecule has 1 amide bonds. The van der Waals surface area contributed by atoms with Crippen molar-refractivity contribution in [3.8, 4) is 34.4 Å². The number of ether oxygens (including phenoxy) is 4. The third-order valence-corrected chi connectivity index (χ3v) is 6.50. The summed E-state index contributed by atoms with van der Waals surface area (Å²) in [6.07, 6.45) is 0. The van der Waals surface area contributed by atoms with Gasteiger partial charge in [0, 0.05) is 22.5 Å². The summed E-state index contributed by atoms with van der Waals surface area (Å²) in [5.74, 6) is 2.99. The molecular formula is C29H29N5O5. The molecule has 0 spiro atoms. The van der Waals surface area contributed by atoms with E-state index >= 15 is 0 Å². The Labute approximate surface area is 226 Å². The van der Waals surface area contributed by atoms with Crippen molar-refractivity contribution >= 4 is 17.5 Å². The Balaban J connectivity index is 1.66. The second kappa shape index (κ2) is 10.8. The molecule has 0 radical (unpaired) electrons. The van der Waals surface area contributed by atoms with Crippen LogP contribution in [-0.4, -0.2) is 49.1 Å². The van der Waals surface area contributed by atoms with E-state index < -0.39 is 6.04 Å². The number of fused-ring (bicyclic) bond motifs is 1. The van der Waals surface area contributed by atoms with E-state index in [-0.39, 0.29) is 5.91 Å². The van der Waals surface area contributed by atoms with Gasteiger partial charge in [0.1, 0.15) is 17.5 Å². The third kappa shape index (κ3) is 4.84. The molecule has 1 unspecified atom stereocenters. The molecule has 3 aromatic carbocycles. The van der Waals surface area contributed by atoms with Crippen LogP contribution in [0.5, 0.6) is 23.0 Å². The Morgan fingerprint density at radius 1 is 0.872 bits per heavy atom. The van der Waals surface area contributed by atoms with Gasteiger partial charge in [-0.25, -0.2) is 4.68 Å². The van der Waals surface area contributed by atoms with Crippen LogP contribution in [0.3, 0.4) is 0 Å². The normalized spacial score (nSPS) is 14.2. The van der Waals surface area contributed by atoms with Crippen molar-refractivity contribution in [2.24, 2.45) is 0 Å². The molecule has 10 nitrogen and oxygen atoms in total. The lowest BCUT2D eigenvalue weighted by Gasteiger charge is -2.29. The minimum atomic E-state index is -0.670. The summed E-state index contributed by atoms with van der Waals surface area (Å²) < 4.78 is 23.8. The van der Waals surface area contributed by atoms with Crippen molar-refractivity contribution in [1.29, 1.82) is 0 Å². The van der Waals surface area contributed by atoms with Crippen LogP contribution in [0, 0.1) is 0 Å². The predicted octanol–water partition coefficient (Wildman–Crippen LogP) is 4.91. The number of hydrogen-bond acceptors (Lipinski definition) is 8. The van der Waals surface area contributed by atoms with Crippen molar-refractivity contribution in [1.82, 2.24) is 14.8 Å². The largest absolute Gasteiger partial charge is 0.497 e. The Kier molecular flexibility index (Phi) is 7.09. The van der Waals surface area contributed by atoms with E-state index in [0.29, 0.717) is 57.3 Å². The fourth-order valence-corrected chi connectivity index (χ4v) is 4.60. The molecule has 2 heterocycles. The van der Waals surface area contributed by atoms with Crippen molar-refractivity contribution < 1.29 is 23.7 Å². The van der Waals surface area contributed by atoms with Crippen molar-refractivity contribution in [3.63, 3.8) is 0 Å². The zero-order chi connectivity index (χ0) is 27.5. The van der Waals surface area contributed by atoms with Gasteiger partial charge >= 0.3 is 0 Å². The number of nitrogens with one attached hydrogen (secondary N) is 2. The van der Waals surface area contributed by atoms with Crippen molar-refractivity contribution in [2.75, 3.05) is 39.1 Å². The maximum absolute atomic E-state index is 13.8. The van der Waals surface area contributed by atoms with Crippen LogP contribution in [0.2, 0.25) is 0 Å². The molecule has 0 saturated carbocycles. The first kappa shape index (κ1) is 25.7. The van der Waals surface area contributed by atoms with Crippen LogP contribution in [0.25, 0.3) is 11.4 Å². The number of carbonyl (C=O) groups is 1. The summed E-state index contributed by atoms with van der Waals surface area (Å²) >= 11 is 0. The Morgan fingerprint density at radius 3 is 2.28 bits per heavy atom. The Bertz CT molecular complexity index is 1550. The van der Waals surface area contributed by atoms with Crippen LogP contribution in [-0.2, 0) is 4.79 Å². The van der Waals surface area contributed by atoms with E-state index in [0.717, 1.165) is 5.56 Å². The highest BCUT2D eigenvalue weighted by atomic mass is 16.5. The van der Waals surface area contributed by atoms with Crippen molar-refractivity contribution in [3.05, 3.63) is 83.6 Å². The number of para-hydroxylation sites is 1. The summed E-state index contributed by atoms with van der Waals surface area (Å²) in [5, 5.41) is 11.1. The van der Waals surface area contributed by atoms with Gasteiger partial charge < -0.3 is 29.6 Å². The molecule has 1 atom stereocenters. The molecule has 10 heteroatoms. The molecule has 0 fully saturated rings. The molecule has 4 aromatic rings. The summed E-state index contributed by atoms with van der Waals surface area (Å²) in [7, 11) is 6.33. The lowest BCUT2D eigenvalue weighted by molar-refractivity contribution is -0.113. The SMILES string of the molecule is COc1ccc(OC)c(C2C(C(=O)Nc3ccccc3)=C(C)Nc3nc(-c4ccc(OC)c(OC)c4)nn32)c1. The molecule has 5 rings (SSSR count). The smallest absolute Gasteiger partial charge is 0.255 e. The first-order valence-electron chi connectivity index (χ1n) is 12.2. The quantitative estimate of drug-likeness (QED) is 0.333. The molecule has 200 valence electrons. The second-order valence-corrected chi connectivity index (χ2v) is 8.77. The summed E-state index contributed by atoms with van der Waals surface area (Å²) in [5.41, 5.74) is 3.19. The molecule has 0 aliphatic carbocycles. The van der Waals surface area contributed by atoms with Crippen LogP contribution in [0.1, 0.15) is 18.5 Å². The van der Waals surface area contributed by atoms with E-state index in [1.807, 2.05) is 61.5 Å². The summed E-state index contributed by atoms with van der Waals surface area (Å²) in [6, 6.07) is 19.5. The number of methoxy groups -OCH3 is 4. The zero-order valence-corrected chi connectivity index (χ0v) is 22.3. The molecule has 0 saturated heterocycles. The lowest BCUT2D eigenvalue weighted by Crippen LogP contribution is -2.31. The average Bonchev–Trinajstić information content (AvgIpc) is 3.39. The van der Waals surface area contributed by atoms with E-state index in [9.17, 15) is 4.79 Å². The number of carbonyl (C=O) groups excluding carboxylic acids is 1. The molecule has 39 heavy (non-hydrogen) atoms. The predicted molar refractivity (Wildman–Crippen MR) is 148 cm³/mol. The van der Waals surface area contributed by atoms with Crippen LogP contribution in [0.4, 0.5) is 11.6 Å². The lowest BCUT2D eigenvalue weighted by atomic mass is 9.94. The minimum Gasteiger partial charge on any atom is -0.497 e. The Morgan fingerprint density at radius 2 is 1.59 bits per heavy atom. The number of nitrogens with zero attached hydrogens (tertiary/aromatic N) is 3. The van der Waals surface area contributed by atoms with E-state index in [1.165, 1.54) is 0 Å². The number of rotatable bonds is 8.